The lowest BCUT2D eigenvalue weighted by Gasteiger charge is -2.09. The van der Waals surface area contributed by atoms with Crippen molar-refractivity contribution in [3.05, 3.63) is 168 Å². The Bertz CT molecular complexity index is 2540. The van der Waals surface area contributed by atoms with Crippen LogP contribution in [0.4, 0.5) is 17.1 Å². The summed E-state index contributed by atoms with van der Waals surface area (Å²) in [7, 11) is 0. The third-order valence-electron chi connectivity index (χ3n) is 11.1. The molecule has 0 heterocycles. The molecular weight excluding hydrogens is 867 g/mol. The van der Waals surface area contributed by atoms with Gasteiger partial charge in [0.2, 0.25) is 0 Å². The Morgan fingerprint density at radius 3 is 1.23 bits per heavy atom. The number of carbonyl (C=O) groups is 3. The zero-order valence-corrected chi connectivity index (χ0v) is 39.9. The quantitative estimate of drug-likeness (QED) is 0.0156. The zero-order valence-electron chi connectivity index (χ0n) is 39.9. The second-order valence-electron chi connectivity index (χ2n) is 16.7. The lowest BCUT2D eigenvalue weighted by atomic mass is 10.1. The highest BCUT2D eigenvalue weighted by molar-refractivity contribution is 5.94. The van der Waals surface area contributed by atoms with E-state index in [4.69, 9.17) is 23.7 Å². The van der Waals surface area contributed by atoms with Crippen molar-refractivity contribution in [2.75, 3.05) is 13.2 Å². The Morgan fingerprint density at radius 1 is 0.391 bits per heavy atom. The average molecular weight is 930 g/mol. The van der Waals surface area contributed by atoms with E-state index in [-0.39, 0.29) is 22.8 Å². The van der Waals surface area contributed by atoms with Crippen LogP contribution < -0.4 is 23.7 Å². The van der Waals surface area contributed by atoms with Gasteiger partial charge < -0.3 is 23.7 Å². The molecule has 0 unspecified atom stereocenters. The van der Waals surface area contributed by atoms with E-state index < -0.39 is 17.9 Å². The summed E-state index contributed by atoms with van der Waals surface area (Å²) in [5.41, 5.74) is 3.89. The third-order valence-corrected chi connectivity index (χ3v) is 11.1. The summed E-state index contributed by atoms with van der Waals surface area (Å²) in [4.78, 5) is 43.4. The first-order chi connectivity index (χ1) is 33.8. The molecule has 358 valence electrons. The minimum Gasteiger partial charge on any atom is -0.494 e. The Kier molecular flexibility index (Phi) is 21.2. The first-order valence-electron chi connectivity index (χ1n) is 24.3. The fourth-order valence-corrected chi connectivity index (χ4v) is 7.13. The van der Waals surface area contributed by atoms with Crippen LogP contribution in [0.5, 0.6) is 28.7 Å². The Balaban J connectivity index is 0.890. The lowest BCUT2D eigenvalue weighted by Crippen LogP contribution is -2.11. The van der Waals surface area contributed by atoms with Crippen LogP contribution in [0.15, 0.2) is 161 Å². The first-order valence-corrected chi connectivity index (χ1v) is 24.3. The molecule has 6 aromatic carbocycles. The summed E-state index contributed by atoms with van der Waals surface area (Å²) in [6.07, 6.45) is 19.0. The van der Waals surface area contributed by atoms with E-state index in [1.165, 1.54) is 101 Å². The second-order valence-corrected chi connectivity index (χ2v) is 16.7. The van der Waals surface area contributed by atoms with E-state index in [0.29, 0.717) is 35.8 Å². The fourth-order valence-electron chi connectivity index (χ4n) is 7.13. The number of benzene rings is 6. The number of ether oxygens (including phenoxy) is 5. The molecule has 0 aromatic heterocycles. The van der Waals surface area contributed by atoms with Gasteiger partial charge >= 0.3 is 17.9 Å². The van der Waals surface area contributed by atoms with Gasteiger partial charge in [0, 0.05) is 12.3 Å². The van der Waals surface area contributed by atoms with Crippen LogP contribution in [0.3, 0.4) is 0 Å². The number of carbonyl (C=O) groups excluding carboxylic acids is 3. The number of hydrogen-bond acceptors (Lipinski definition) is 11. The summed E-state index contributed by atoms with van der Waals surface area (Å²) < 4.78 is 28.4. The number of hydrogen-bond donors (Lipinski definition) is 0. The van der Waals surface area contributed by atoms with Crippen LogP contribution >= 0.6 is 0 Å². The maximum atomic E-state index is 13.0. The van der Waals surface area contributed by atoms with E-state index >= 15 is 0 Å². The highest BCUT2D eigenvalue weighted by atomic mass is 16.5. The normalized spacial score (nSPS) is 11.2. The van der Waals surface area contributed by atoms with Gasteiger partial charge in [0.15, 0.2) is 0 Å². The number of esters is 3. The molecule has 0 saturated heterocycles. The average Bonchev–Trinajstić information content (AvgIpc) is 3.38. The van der Waals surface area contributed by atoms with Crippen LogP contribution in [0.2, 0.25) is 0 Å². The van der Waals surface area contributed by atoms with E-state index in [2.05, 4.69) is 29.1 Å². The van der Waals surface area contributed by atoms with Crippen molar-refractivity contribution in [2.45, 2.75) is 104 Å². The molecule has 0 saturated carbocycles. The molecule has 0 aliphatic heterocycles. The van der Waals surface area contributed by atoms with Crippen molar-refractivity contribution < 1.29 is 38.1 Å². The monoisotopic (exact) mass is 929 g/mol. The Morgan fingerprint density at radius 2 is 0.754 bits per heavy atom. The predicted molar refractivity (Wildman–Crippen MR) is 272 cm³/mol. The fraction of sp³-hybridized carbons (Fsp3) is 0.310. The van der Waals surface area contributed by atoms with Gasteiger partial charge in [-0.3, -0.25) is 4.99 Å². The maximum absolute atomic E-state index is 13.0. The minimum absolute atomic E-state index is 0.184. The van der Waals surface area contributed by atoms with Gasteiger partial charge in [-0.05, 0) is 140 Å². The molecule has 69 heavy (non-hydrogen) atoms. The smallest absolute Gasteiger partial charge is 0.343 e. The third kappa shape index (κ3) is 18.3. The van der Waals surface area contributed by atoms with Crippen LogP contribution in [0.25, 0.3) is 0 Å². The van der Waals surface area contributed by atoms with E-state index in [1.807, 2.05) is 48.5 Å². The van der Waals surface area contributed by atoms with Gasteiger partial charge in [-0.25, -0.2) is 14.4 Å². The highest BCUT2D eigenvalue weighted by Crippen LogP contribution is 2.26. The topological polar surface area (TPSA) is 134 Å². The van der Waals surface area contributed by atoms with E-state index in [0.717, 1.165) is 42.0 Å². The van der Waals surface area contributed by atoms with Gasteiger partial charge in [-0.1, -0.05) is 109 Å². The van der Waals surface area contributed by atoms with Crippen molar-refractivity contribution in [1.29, 1.82) is 0 Å². The maximum Gasteiger partial charge on any atom is 0.343 e. The van der Waals surface area contributed by atoms with Crippen molar-refractivity contribution in [3.63, 3.8) is 0 Å². The van der Waals surface area contributed by atoms with Crippen LogP contribution in [-0.4, -0.2) is 37.3 Å². The number of unbranched alkanes of at least 4 members (excludes halogenated alkanes) is 12. The SMILES string of the molecule is CCCCCCCCCCCCOc1ccc(C(=O)Oc2ccc(C(=O)Oc3cccc(OC(=O)c4ccc(C=Nc5ccc(N=Nc6ccc(OCCCCCC)cc6)cc5)cc4)c3)cc2)cc1. The standard InChI is InChI=1S/C58H63N3O8/c1-3-5-7-9-10-11-12-13-14-16-41-65-51-34-24-46(25-35-51)56(62)67-53-36-26-47(27-37-53)58(64)69-55-19-17-18-54(42-55)68-57(63)45-22-20-44(21-23-45)43-59-48-28-30-49(31-29-48)60-61-50-32-38-52(39-33-50)66-40-15-8-6-4-2/h17-39,42-43H,3-16,40-41H2,1-2H3. The Hall–Kier alpha value is -7.40. The summed E-state index contributed by atoms with van der Waals surface area (Å²) in [6.45, 7) is 5.80. The second kappa shape index (κ2) is 28.7. The van der Waals surface area contributed by atoms with E-state index in [1.54, 1.807) is 72.9 Å². The van der Waals surface area contributed by atoms with Gasteiger partial charge in [0.1, 0.15) is 28.7 Å². The van der Waals surface area contributed by atoms with Crippen LogP contribution in [-0.2, 0) is 0 Å². The first kappa shape index (κ1) is 51.0. The number of aliphatic imine (C=N–C) groups is 1. The molecule has 6 rings (SSSR count). The molecule has 0 fully saturated rings. The summed E-state index contributed by atoms with van der Waals surface area (Å²) in [5.74, 6) is 0.441. The molecule has 0 aliphatic rings. The van der Waals surface area contributed by atoms with Crippen molar-refractivity contribution in [1.82, 2.24) is 0 Å². The molecule has 0 radical (unpaired) electrons. The van der Waals surface area contributed by atoms with Crippen molar-refractivity contribution in [2.24, 2.45) is 15.2 Å². The largest absolute Gasteiger partial charge is 0.494 e. The van der Waals surface area contributed by atoms with Crippen molar-refractivity contribution in [3.8, 4) is 28.7 Å². The molecule has 0 amide bonds. The minimum atomic E-state index is -0.639. The summed E-state index contributed by atoms with van der Waals surface area (Å²) in [6, 6.07) is 41.0. The molecule has 0 bridgehead atoms. The predicted octanol–water partition coefficient (Wildman–Crippen LogP) is 15.8. The van der Waals surface area contributed by atoms with Crippen molar-refractivity contribution >= 4 is 41.2 Å². The molecule has 11 nitrogen and oxygen atoms in total. The molecule has 11 heteroatoms. The van der Waals surface area contributed by atoms with Gasteiger partial charge in [-0.15, -0.1) is 0 Å². The molecule has 0 spiro atoms. The molecule has 6 aromatic rings. The number of rotatable bonds is 28. The molecule has 0 N–H and O–H groups in total. The Labute approximate surface area is 406 Å². The van der Waals surface area contributed by atoms with Crippen LogP contribution in [0, 0.1) is 0 Å². The number of nitrogens with zero attached hydrogens (tertiary/aromatic N) is 3. The van der Waals surface area contributed by atoms with E-state index in [9.17, 15) is 14.4 Å². The summed E-state index contributed by atoms with van der Waals surface area (Å²) >= 11 is 0. The highest BCUT2D eigenvalue weighted by Gasteiger charge is 2.14. The lowest BCUT2D eigenvalue weighted by molar-refractivity contribution is 0.0723. The van der Waals surface area contributed by atoms with Crippen LogP contribution in [0.1, 0.15) is 140 Å². The molecule has 0 aliphatic carbocycles. The molecular formula is C58H63N3O8. The van der Waals surface area contributed by atoms with Gasteiger partial charge in [0.05, 0.1) is 47.0 Å². The van der Waals surface area contributed by atoms with Gasteiger partial charge in [-0.2, -0.15) is 10.2 Å². The zero-order chi connectivity index (χ0) is 48.3. The van der Waals surface area contributed by atoms with Gasteiger partial charge in [0.25, 0.3) is 0 Å². The summed E-state index contributed by atoms with van der Waals surface area (Å²) in [5, 5.41) is 8.66. The number of azo groups is 1. The molecule has 0 atom stereocenters.